The Balaban J connectivity index is 1.76. The number of imide groups is 1. The third-order valence-electron chi connectivity index (χ3n) is 3.81. The molecule has 8 nitrogen and oxygen atoms in total. The topological polar surface area (TPSA) is 112 Å². The zero-order valence-electron chi connectivity index (χ0n) is 11.1. The molecule has 0 spiro atoms. The lowest BCUT2D eigenvalue weighted by molar-refractivity contribution is -0.126. The summed E-state index contributed by atoms with van der Waals surface area (Å²) in [7, 11) is 0. The van der Waals surface area contributed by atoms with Gasteiger partial charge in [-0.05, 0) is 12.1 Å². The average Bonchev–Trinajstić information content (AvgIpc) is 3.08. The van der Waals surface area contributed by atoms with E-state index in [-0.39, 0.29) is 19.6 Å². The van der Waals surface area contributed by atoms with E-state index in [2.05, 4.69) is 5.32 Å². The zero-order valence-corrected chi connectivity index (χ0v) is 11.1. The molecule has 3 heterocycles. The first kappa shape index (κ1) is 14.1. The number of hydrogen-bond acceptors (Lipinski definition) is 6. The zero-order chi connectivity index (χ0) is 15.0. The molecule has 1 aromatic heterocycles. The summed E-state index contributed by atoms with van der Waals surface area (Å²) in [5.41, 5.74) is 0. The van der Waals surface area contributed by atoms with Crippen molar-refractivity contribution in [3.8, 4) is 0 Å². The van der Waals surface area contributed by atoms with Crippen LogP contribution < -0.4 is 5.32 Å². The Bertz CT molecular complexity index is 531. The number of aliphatic hydroxyl groups is 2. The molecule has 0 bridgehead atoms. The summed E-state index contributed by atoms with van der Waals surface area (Å²) in [6.45, 7) is -0.221. The maximum atomic E-state index is 11.9. The molecular formula is C13H16N2O6. The van der Waals surface area contributed by atoms with Crippen LogP contribution in [0.2, 0.25) is 0 Å². The van der Waals surface area contributed by atoms with E-state index in [1.54, 1.807) is 12.1 Å². The molecule has 1 aromatic rings. The molecular weight excluding hydrogens is 280 g/mol. The van der Waals surface area contributed by atoms with Crippen molar-refractivity contribution < 1.29 is 29.0 Å². The van der Waals surface area contributed by atoms with Crippen LogP contribution in [0.25, 0.3) is 0 Å². The van der Waals surface area contributed by atoms with Crippen molar-refractivity contribution in [1.82, 2.24) is 10.2 Å². The van der Waals surface area contributed by atoms with Crippen LogP contribution in [0.5, 0.6) is 0 Å². The smallest absolute Gasteiger partial charge is 0.326 e. The van der Waals surface area contributed by atoms with Crippen molar-refractivity contribution in [3.05, 3.63) is 24.2 Å². The van der Waals surface area contributed by atoms with Gasteiger partial charge < -0.3 is 19.4 Å². The molecule has 3 rings (SSSR count). The molecule has 0 aliphatic carbocycles. The monoisotopic (exact) mass is 296 g/mol. The second-order valence-corrected chi connectivity index (χ2v) is 5.13. The highest BCUT2D eigenvalue weighted by molar-refractivity contribution is 6.00. The SMILES string of the molecule is O=C1NC(=O)N([C@H]2C[C@H](O)[C@@H](CO)O2)CC1c1ccco1. The van der Waals surface area contributed by atoms with E-state index in [9.17, 15) is 14.7 Å². The molecule has 1 unspecified atom stereocenters. The third-order valence-corrected chi connectivity index (χ3v) is 3.81. The van der Waals surface area contributed by atoms with Crippen LogP contribution in [0.15, 0.2) is 22.8 Å². The number of rotatable bonds is 3. The average molecular weight is 296 g/mol. The molecule has 0 aromatic carbocycles. The Labute approximate surface area is 120 Å². The van der Waals surface area contributed by atoms with E-state index in [1.807, 2.05) is 0 Å². The van der Waals surface area contributed by atoms with E-state index in [0.29, 0.717) is 5.76 Å². The maximum Gasteiger partial charge on any atom is 0.326 e. The molecule has 3 N–H and O–H groups in total. The van der Waals surface area contributed by atoms with Gasteiger partial charge in [-0.3, -0.25) is 15.0 Å². The van der Waals surface area contributed by atoms with Gasteiger partial charge in [0.25, 0.3) is 0 Å². The van der Waals surface area contributed by atoms with Gasteiger partial charge in [-0.25, -0.2) is 4.79 Å². The second kappa shape index (κ2) is 5.47. The molecule has 2 fully saturated rings. The van der Waals surface area contributed by atoms with Crippen LogP contribution in [0.3, 0.4) is 0 Å². The lowest BCUT2D eigenvalue weighted by Gasteiger charge is -2.34. The van der Waals surface area contributed by atoms with Gasteiger partial charge >= 0.3 is 6.03 Å². The number of amides is 3. The fourth-order valence-corrected chi connectivity index (χ4v) is 2.66. The maximum absolute atomic E-state index is 11.9. The lowest BCUT2D eigenvalue weighted by Crippen LogP contribution is -2.56. The number of hydrogen-bond donors (Lipinski definition) is 3. The Kier molecular flexibility index (Phi) is 3.66. The van der Waals surface area contributed by atoms with E-state index in [1.165, 1.54) is 11.2 Å². The van der Waals surface area contributed by atoms with Crippen molar-refractivity contribution in [2.75, 3.05) is 13.2 Å². The molecule has 2 aliphatic heterocycles. The van der Waals surface area contributed by atoms with Crippen molar-refractivity contribution in [2.45, 2.75) is 30.8 Å². The first-order valence-corrected chi connectivity index (χ1v) is 6.69. The van der Waals surface area contributed by atoms with Crippen LogP contribution in [-0.2, 0) is 9.53 Å². The van der Waals surface area contributed by atoms with E-state index >= 15 is 0 Å². The van der Waals surface area contributed by atoms with Gasteiger partial charge in [-0.1, -0.05) is 0 Å². The number of urea groups is 1. The van der Waals surface area contributed by atoms with Gasteiger partial charge in [0.05, 0.1) is 19.0 Å². The number of nitrogens with one attached hydrogen (secondary N) is 1. The normalized spacial score (nSPS) is 33.3. The van der Waals surface area contributed by atoms with Crippen LogP contribution in [0.4, 0.5) is 4.79 Å². The van der Waals surface area contributed by atoms with E-state index < -0.39 is 36.3 Å². The molecule has 0 radical (unpaired) electrons. The summed E-state index contributed by atoms with van der Waals surface area (Å²) in [6.07, 6.45) is -0.587. The number of ether oxygens (including phenoxy) is 1. The van der Waals surface area contributed by atoms with Crippen molar-refractivity contribution in [3.63, 3.8) is 0 Å². The van der Waals surface area contributed by atoms with Gasteiger partial charge in [0.15, 0.2) is 0 Å². The molecule has 2 saturated heterocycles. The molecule has 4 atom stereocenters. The van der Waals surface area contributed by atoms with Gasteiger partial charge in [0, 0.05) is 13.0 Å². The number of carbonyl (C=O) groups excluding carboxylic acids is 2. The van der Waals surface area contributed by atoms with Crippen molar-refractivity contribution >= 4 is 11.9 Å². The number of aliphatic hydroxyl groups excluding tert-OH is 2. The largest absolute Gasteiger partial charge is 0.468 e. The lowest BCUT2D eigenvalue weighted by atomic mass is 10.0. The standard InChI is InChI=1S/C13H16N2O6/c16-6-10-8(17)4-11(21-10)15-5-7(9-2-1-3-20-9)12(18)14-13(15)19/h1-3,7-8,10-11,16-17H,4-6H2,(H,14,18,19)/t7?,8-,10+,11+/m0/s1. The number of nitrogens with zero attached hydrogens (tertiary/aromatic N) is 1. The summed E-state index contributed by atoms with van der Waals surface area (Å²) >= 11 is 0. The Morgan fingerprint density at radius 2 is 2.24 bits per heavy atom. The summed E-state index contributed by atoms with van der Waals surface area (Å²) < 4.78 is 10.7. The fourth-order valence-electron chi connectivity index (χ4n) is 2.66. The molecule has 2 aliphatic rings. The Morgan fingerprint density at radius 1 is 1.43 bits per heavy atom. The fraction of sp³-hybridized carbons (Fsp3) is 0.538. The summed E-state index contributed by atoms with van der Waals surface area (Å²) in [6, 6.07) is 2.76. The molecule has 3 amide bonds. The van der Waals surface area contributed by atoms with Crippen molar-refractivity contribution in [2.24, 2.45) is 0 Å². The predicted molar refractivity (Wildman–Crippen MR) is 68.1 cm³/mol. The molecule has 114 valence electrons. The quantitative estimate of drug-likeness (QED) is 0.685. The molecule has 21 heavy (non-hydrogen) atoms. The highest BCUT2D eigenvalue weighted by atomic mass is 16.5. The first-order valence-electron chi connectivity index (χ1n) is 6.69. The number of carbonyl (C=O) groups is 2. The third kappa shape index (κ3) is 2.53. The van der Waals surface area contributed by atoms with Gasteiger partial charge in [-0.15, -0.1) is 0 Å². The number of furan rings is 1. The molecule has 8 heteroatoms. The van der Waals surface area contributed by atoms with Crippen LogP contribution >= 0.6 is 0 Å². The minimum Gasteiger partial charge on any atom is -0.468 e. The van der Waals surface area contributed by atoms with Crippen LogP contribution in [-0.4, -0.2) is 58.6 Å². The van der Waals surface area contributed by atoms with Crippen LogP contribution in [0, 0.1) is 0 Å². The summed E-state index contributed by atoms with van der Waals surface area (Å²) in [5, 5.41) is 21.1. The first-order chi connectivity index (χ1) is 10.1. The minimum atomic E-state index is -0.840. The Hall–Kier alpha value is -1.90. The van der Waals surface area contributed by atoms with E-state index in [4.69, 9.17) is 14.3 Å². The van der Waals surface area contributed by atoms with Gasteiger partial charge in [-0.2, -0.15) is 0 Å². The minimum absolute atomic E-state index is 0.105. The Morgan fingerprint density at radius 3 is 2.86 bits per heavy atom. The van der Waals surface area contributed by atoms with Gasteiger partial charge in [0.1, 0.15) is 24.0 Å². The van der Waals surface area contributed by atoms with Crippen LogP contribution in [0.1, 0.15) is 18.1 Å². The highest BCUT2D eigenvalue weighted by Crippen LogP contribution is 2.28. The highest BCUT2D eigenvalue weighted by Gasteiger charge is 2.43. The van der Waals surface area contributed by atoms with Crippen molar-refractivity contribution in [1.29, 1.82) is 0 Å². The molecule has 0 saturated carbocycles. The predicted octanol–water partition coefficient (Wildman–Crippen LogP) is -0.617. The summed E-state index contributed by atoms with van der Waals surface area (Å²) in [5.74, 6) is -0.586. The second-order valence-electron chi connectivity index (χ2n) is 5.13. The summed E-state index contributed by atoms with van der Waals surface area (Å²) in [4.78, 5) is 25.2. The van der Waals surface area contributed by atoms with Gasteiger partial charge in [0.2, 0.25) is 5.91 Å². The van der Waals surface area contributed by atoms with E-state index in [0.717, 1.165) is 0 Å².